The lowest BCUT2D eigenvalue weighted by Gasteiger charge is -2.44. The molecule has 2 N–H and O–H groups in total. The maximum absolute atomic E-state index is 6.44. The fourth-order valence-corrected chi connectivity index (χ4v) is 4.55. The number of nitrogens with two attached hydrogens (primary N) is 1. The lowest BCUT2D eigenvalue weighted by molar-refractivity contribution is -0.106. The summed E-state index contributed by atoms with van der Waals surface area (Å²) < 4.78 is 8.11. The Kier molecular flexibility index (Phi) is 3.87. The lowest BCUT2D eigenvalue weighted by atomic mass is 9.78. The van der Waals surface area contributed by atoms with E-state index in [4.69, 9.17) is 10.5 Å². The van der Waals surface area contributed by atoms with Crippen LogP contribution in [0.4, 0.5) is 0 Å². The van der Waals surface area contributed by atoms with Crippen LogP contribution in [-0.2, 0) is 11.8 Å². The zero-order valence-electron chi connectivity index (χ0n) is 11.5. The summed E-state index contributed by atoms with van der Waals surface area (Å²) in [6.07, 6.45) is 8.41. The molecule has 1 aromatic rings. The molecular formula is C14H23N3OS. The van der Waals surface area contributed by atoms with Crippen LogP contribution in [0.3, 0.4) is 0 Å². The zero-order chi connectivity index (χ0) is 13.3. The molecule has 0 bridgehead atoms. The highest BCUT2D eigenvalue weighted by Crippen LogP contribution is 2.42. The Morgan fingerprint density at radius 3 is 3.00 bits per heavy atom. The van der Waals surface area contributed by atoms with Crippen LogP contribution < -0.4 is 5.73 Å². The molecular weight excluding hydrogens is 258 g/mol. The van der Waals surface area contributed by atoms with Gasteiger partial charge in [0.1, 0.15) is 0 Å². The van der Waals surface area contributed by atoms with E-state index in [1.807, 2.05) is 35.9 Å². The molecule has 2 aliphatic rings. The van der Waals surface area contributed by atoms with E-state index < -0.39 is 0 Å². The summed E-state index contributed by atoms with van der Waals surface area (Å²) in [4.78, 5) is 4.42. The molecule has 4 nitrogen and oxygen atoms in total. The van der Waals surface area contributed by atoms with Crippen molar-refractivity contribution >= 4 is 11.8 Å². The van der Waals surface area contributed by atoms with Gasteiger partial charge in [0.15, 0.2) is 0 Å². The van der Waals surface area contributed by atoms with E-state index in [0.29, 0.717) is 5.92 Å². The van der Waals surface area contributed by atoms with Gasteiger partial charge in [0.25, 0.3) is 0 Å². The van der Waals surface area contributed by atoms with Crippen LogP contribution >= 0.6 is 11.8 Å². The van der Waals surface area contributed by atoms with Crippen molar-refractivity contribution in [2.24, 2.45) is 18.7 Å². The average molecular weight is 281 g/mol. The molecule has 2 fully saturated rings. The van der Waals surface area contributed by atoms with Gasteiger partial charge in [0.2, 0.25) is 0 Å². The number of ether oxygens (including phenoxy) is 1. The predicted octanol–water partition coefficient (Wildman–Crippen LogP) is 2.11. The van der Waals surface area contributed by atoms with Gasteiger partial charge in [-0.15, -0.1) is 0 Å². The van der Waals surface area contributed by atoms with E-state index in [0.717, 1.165) is 25.1 Å². The minimum Gasteiger partial charge on any atom is -0.375 e. The van der Waals surface area contributed by atoms with E-state index in [1.54, 1.807) is 0 Å². The molecule has 3 heterocycles. The predicted molar refractivity (Wildman–Crippen MR) is 78.1 cm³/mol. The van der Waals surface area contributed by atoms with Gasteiger partial charge in [-0.2, -0.15) is 11.8 Å². The minimum atomic E-state index is 0.0524. The van der Waals surface area contributed by atoms with E-state index >= 15 is 0 Å². The zero-order valence-corrected chi connectivity index (χ0v) is 12.4. The number of aromatic nitrogens is 2. The first kappa shape index (κ1) is 13.5. The first-order valence-electron chi connectivity index (χ1n) is 7.14. The third kappa shape index (κ3) is 2.83. The number of nitrogens with zero attached hydrogens (tertiary/aromatic N) is 2. The smallest absolute Gasteiger partial charge is 0.0947 e. The first-order chi connectivity index (χ1) is 9.19. The van der Waals surface area contributed by atoms with E-state index in [1.165, 1.54) is 24.3 Å². The molecule has 1 aromatic heterocycles. The van der Waals surface area contributed by atoms with Crippen LogP contribution in [0.5, 0.6) is 0 Å². The van der Waals surface area contributed by atoms with Crippen molar-refractivity contribution in [3.05, 3.63) is 18.2 Å². The minimum absolute atomic E-state index is 0.0524. The second-order valence-corrected chi connectivity index (χ2v) is 7.11. The van der Waals surface area contributed by atoms with Crippen molar-refractivity contribution in [2.45, 2.75) is 37.3 Å². The molecule has 5 heteroatoms. The quantitative estimate of drug-likeness (QED) is 0.902. The summed E-state index contributed by atoms with van der Waals surface area (Å²) in [5.41, 5.74) is 7.57. The highest BCUT2D eigenvalue weighted by Gasteiger charge is 2.40. The maximum atomic E-state index is 6.44. The van der Waals surface area contributed by atoms with Crippen LogP contribution in [0.2, 0.25) is 0 Å². The summed E-state index contributed by atoms with van der Waals surface area (Å²) in [5.74, 6) is 2.96. The van der Waals surface area contributed by atoms with E-state index in [9.17, 15) is 0 Å². The molecule has 0 radical (unpaired) electrons. The Morgan fingerprint density at radius 2 is 2.32 bits per heavy atom. The third-order valence-electron chi connectivity index (χ3n) is 4.51. The van der Waals surface area contributed by atoms with Crippen LogP contribution in [-0.4, -0.2) is 33.3 Å². The highest BCUT2D eigenvalue weighted by atomic mass is 32.2. The summed E-state index contributed by atoms with van der Waals surface area (Å²) >= 11 is 2.04. The summed E-state index contributed by atoms with van der Waals surface area (Å²) in [6, 6.07) is 0.0524. The average Bonchev–Trinajstić information content (AvgIpc) is 2.85. The van der Waals surface area contributed by atoms with Crippen molar-refractivity contribution < 1.29 is 4.74 Å². The van der Waals surface area contributed by atoms with Gasteiger partial charge in [-0.3, -0.25) is 0 Å². The Labute approximate surface area is 119 Å². The van der Waals surface area contributed by atoms with Gasteiger partial charge >= 0.3 is 0 Å². The lowest BCUT2D eigenvalue weighted by Crippen LogP contribution is -2.45. The molecule has 2 unspecified atom stereocenters. The molecule has 3 rings (SSSR count). The number of rotatable bonds is 2. The van der Waals surface area contributed by atoms with Crippen LogP contribution in [0.1, 0.15) is 37.4 Å². The number of imidazole rings is 1. The van der Waals surface area contributed by atoms with Gasteiger partial charge in [-0.05, 0) is 43.1 Å². The molecule has 0 amide bonds. The number of aryl methyl sites for hydroxylation is 1. The number of thioether (sulfide) groups is 1. The summed E-state index contributed by atoms with van der Waals surface area (Å²) in [6.45, 7) is 0.857. The Bertz CT molecular complexity index is 423. The van der Waals surface area contributed by atoms with Crippen molar-refractivity contribution in [2.75, 3.05) is 18.1 Å². The summed E-state index contributed by atoms with van der Waals surface area (Å²) in [7, 11) is 1.99. The van der Waals surface area contributed by atoms with Gasteiger partial charge in [0.05, 0.1) is 23.7 Å². The molecule has 1 spiro atoms. The fourth-order valence-electron chi connectivity index (χ4n) is 3.31. The standard InChI is InChI=1S/C14H23N3OS/c1-17-9-12(16-10-17)13(15)11-2-5-18-14(8-11)3-6-19-7-4-14/h9-11,13H,2-8,15H2,1H3. The molecule has 0 saturated carbocycles. The Balaban J connectivity index is 1.70. The summed E-state index contributed by atoms with van der Waals surface area (Å²) in [5, 5.41) is 0. The van der Waals surface area contributed by atoms with Crippen molar-refractivity contribution in [3.8, 4) is 0 Å². The fraction of sp³-hybridized carbons (Fsp3) is 0.786. The molecule has 0 aliphatic carbocycles. The SMILES string of the molecule is Cn1cnc(C(N)C2CCOC3(CCSCC3)C2)c1. The van der Waals surface area contributed by atoms with Crippen molar-refractivity contribution in [1.82, 2.24) is 9.55 Å². The highest BCUT2D eigenvalue weighted by molar-refractivity contribution is 7.99. The van der Waals surface area contributed by atoms with Gasteiger partial charge in [-0.25, -0.2) is 4.98 Å². The number of hydrogen-bond donors (Lipinski definition) is 1. The molecule has 2 atom stereocenters. The largest absolute Gasteiger partial charge is 0.375 e. The van der Waals surface area contributed by atoms with Gasteiger partial charge < -0.3 is 15.0 Å². The van der Waals surface area contributed by atoms with E-state index in [-0.39, 0.29) is 11.6 Å². The Hall–Kier alpha value is -0.520. The van der Waals surface area contributed by atoms with E-state index in [2.05, 4.69) is 4.98 Å². The first-order valence-corrected chi connectivity index (χ1v) is 8.29. The van der Waals surface area contributed by atoms with Crippen LogP contribution in [0.15, 0.2) is 12.5 Å². The van der Waals surface area contributed by atoms with Gasteiger partial charge in [-0.1, -0.05) is 0 Å². The van der Waals surface area contributed by atoms with Gasteiger partial charge in [0, 0.05) is 19.9 Å². The molecule has 106 valence electrons. The Morgan fingerprint density at radius 1 is 1.53 bits per heavy atom. The second-order valence-electron chi connectivity index (χ2n) is 5.89. The topological polar surface area (TPSA) is 53.1 Å². The second kappa shape index (κ2) is 5.46. The molecule has 19 heavy (non-hydrogen) atoms. The van der Waals surface area contributed by atoms with Crippen molar-refractivity contribution in [1.29, 1.82) is 0 Å². The van der Waals surface area contributed by atoms with Crippen LogP contribution in [0, 0.1) is 5.92 Å². The molecule has 2 saturated heterocycles. The molecule has 0 aromatic carbocycles. The van der Waals surface area contributed by atoms with Crippen LogP contribution in [0.25, 0.3) is 0 Å². The number of hydrogen-bond acceptors (Lipinski definition) is 4. The molecule has 2 aliphatic heterocycles. The normalized spacial score (nSPS) is 28.4. The monoisotopic (exact) mass is 281 g/mol. The van der Waals surface area contributed by atoms with Crippen molar-refractivity contribution in [3.63, 3.8) is 0 Å². The third-order valence-corrected chi connectivity index (χ3v) is 5.49. The maximum Gasteiger partial charge on any atom is 0.0947 e.